The molecule has 0 saturated carbocycles. The van der Waals surface area contributed by atoms with Gasteiger partial charge >= 0.3 is 0 Å². The number of methoxy groups -OCH3 is 2. The van der Waals surface area contributed by atoms with E-state index >= 15 is 0 Å². The predicted molar refractivity (Wildman–Crippen MR) is 77.5 cm³/mol. The topological polar surface area (TPSA) is 18.5 Å². The van der Waals surface area contributed by atoms with Gasteiger partial charge in [-0.3, -0.25) is 0 Å². The van der Waals surface area contributed by atoms with Gasteiger partial charge in [0.15, 0.2) is 6.29 Å². The van der Waals surface area contributed by atoms with Crippen LogP contribution < -0.4 is 0 Å². The van der Waals surface area contributed by atoms with Crippen molar-refractivity contribution in [2.24, 2.45) is 0 Å². The molecular weight excluding hydrogens is 260 g/mol. The van der Waals surface area contributed by atoms with E-state index in [-0.39, 0.29) is 12.2 Å². The number of hydrogen-bond donors (Lipinski definition) is 0. The lowest BCUT2D eigenvalue weighted by Crippen LogP contribution is -2.24. The molecule has 19 heavy (non-hydrogen) atoms. The molecule has 0 spiro atoms. The van der Waals surface area contributed by atoms with Gasteiger partial charge in [-0.1, -0.05) is 54.1 Å². The Morgan fingerprint density at radius 2 is 1.47 bits per heavy atom. The highest BCUT2D eigenvalue weighted by Gasteiger charge is 2.24. The van der Waals surface area contributed by atoms with E-state index in [1.165, 1.54) is 0 Å². The molecule has 0 amide bonds. The van der Waals surface area contributed by atoms with E-state index in [0.29, 0.717) is 5.02 Å². The average Bonchev–Trinajstić information content (AvgIpc) is 2.45. The van der Waals surface area contributed by atoms with Crippen LogP contribution in [0.2, 0.25) is 5.02 Å². The molecule has 0 aromatic heterocycles. The van der Waals surface area contributed by atoms with Crippen molar-refractivity contribution in [1.82, 2.24) is 0 Å². The maximum Gasteiger partial charge on any atom is 0.167 e. The Balaban J connectivity index is 2.45. The smallest absolute Gasteiger partial charge is 0.167 e. The first-order chi connectivity index (χ1) is 9.26. The van der Waals surface area contributed by atoms with Crippen LogP contribution in [0, 0.1) is 0 Å². The van der Waals surface area contributed by atoms with Crippen LogP contribution >= 0.6 is 11.6 Å². The second-order valence-electron chi connectivity index (χ2n) is 4.28. The summed E-state index contributed by atoms with van der Waals surface area (Å²) < 4.78 is 10.9. The van der Waals surface area contributed by atoms with Gasteiger partial charge < -0.3 is 9.47 Å². The molecule has 2 aromatic carbocycles. The number of benzene rings is 2. The molecule has 100 valence electrons. The molecule has 0 aliphatic carbocycles. The number of rotatable bonds is 5. The van der Waals surface area contributed by atoms with Crippen molar-refractivity contribution in [2.45, 2.75) is 12.2 Å². The molecular formula is C16H17ClO2. The first-order valence-electron chi connectivity index (χ1n) is 6.12. The molecule has 0 bridgehead atoms. The lowest BCUT2D eigenvalue weighted by Gasteiger charge is -2.25. The minimum atomic E-state index is -0.346. The summed E-state index contributed by atoms with van der Waals surface area (Å²) in [7, 11) is 3.29. The summed E-state index contributed by atoms with van der Waals surface area (Å²) in [5.41, 5.74) is 2.21. The standard InChI is InChI=1S/C16H17ClO2/c1-18-16(19-2)15(12-7-4-3-5-8-12)13-9-6-10-14(17)11-13/h3-11,15-16H,1-2H3. The van der Waals surface area contributed by atoms with E-state index < -0.39 is 0 Å². The minimum absolute atomic E-state index is 0.00472. The van der Waals surface area contributed by atoms with Crippen LogP contribution in [0.4, 0.5) is 0 Å². The van der Waals surface area contributed by atoms with Crippen molar-refractivity contribution >= 4 is 11.6 Å². The van der Waals surface area contributed by atoms with Gasteiger partial charge in [-0.15, -0.1) is 0 Å². The normalized spacial score (nSPS) is 12.6. The zero-order valence-electron chi connectivity index (χ0n) is 11.0. The van der Waals surface area contributed by atoms with Crippen LogP contribution in [-0.2, 0) is 9.47 Å². The maximum atomic E-state index is 6.09. The average molecular weight is 277 g/mol. The summed E-state index contributed by atoms with van der Waals surface area (Å²) >= 11 is 6.09. The molecule has 1 unspecified atom stereocenters. The Hall–Kier alpha value is -1.35. The fraction of sp³-hybridized carbons (Fsp3) is 0.250. The van der Waals surface area contributed by atoms with Crippen LogP contribution in [-0.4, -0.2) is 20.5 Å². The lowest BCUT2D eigenvalue weighted by atomic mass is 9.90. The summed E-state index contributed by atoms with van der Waals surface area (Å²) in [6, 6.07) is 17.9. The van der Waals surface area contributed by atoms with Gasteiger partial charge in [-0.25, -0.2) is 0 Å². The minimum Gasteiger partial charge on any atom is -0.355 e. The molecule has 2 aromatic rings. The first kappa shape index (κ1) is 14.1. The van der Waals surface area contributed by atoms with Crippen LogP contribution in [0.1, 0.15) is 17.0 Å². The van der Waals surface area contributed by atoms with E-state index in [4.69, 9.17) is 21.1 Å². The van der Waals surface area contributed by atoms with E-state index in [1.807, 2.05) is 42.5 Å². The summed E-state index contributed by atoms with van der Waals surface area (Å²) in [5, 5.41) is 0.712. The largest absolute Gasteiger partial charge is 0.355 e. The van der Waals surface area contributed by atoms with Crippen molar-refractivity contribution in [3.63, 3.8) is 0 Å². The van der Waals surface area contributed by atoms with Crippen molar-refractivity contribution in [3.05, 3.63) is 70.7 Å². The third kappa shape index (κ3) is 3.35. The van der Waals surface area contributed by atoms with Crippen molar-refractivity contribution < 1.29 is 9.47 Å². The molecule has 1 atom stereocenters. The molecule has 0 N–H and O–H groups in total. The zero-order valence-corrected chi connectivity index (χ0v) is 11.8. The van der Waals surface area contributed by atoms with Gasteiger partial charge in [0.2, 0.25) is 0 Å². The molecule has 0 radical (unpaired) electrons. The SMILES string of the molecule is COC(OC)C(c1ccccc1)c1cccc(Cl)c1. The van der Waals surface area contributed by atoms with E-state index in [9.17, 15) is 0 Å². The van der Waals surface area contributed by atoms with Gasteiger partial charge in [0.05, 0.1) is 5.92 Å². The molecule has 0 heterocycles. The van der Waals surface area contributed by atoms with Crippen molar-refractivity contribution in [1.29, 1.82) is 0 Å². The third-order valence-electron chi connectivity index (χ3n) is 3.10. The molecule has 3 heteroatoms. The van der Waals surface area contributed by atoms with Gasteiger partial charge in [-0.2, -0.15) is 0 Å². The summed E-state index contributed by atoms with van der Waals surface area (Å²) in [4.78, 5) is 0. The highest BCUT2D eigenvalue weighted by Crippen LogP contribution is 2.31. The Morgan fingerprint density at radius 1 is 0.842 bits per heavy atom. The van der Waals surface area contributed by atoms with Gasteiger partial charge in [0.25, 0.3) is 0 Å². The summed E-state index contributed by atoms with van der Waals surface area (Å²) in [6.07, 6.45) is -0.346. The van der Waals surface area contributed by atoms with Gasteiger partial charge in [-0.05, 0) is 23.3 Å². The molecule has 0 aliphatic heterocycles. The second kappa shape index (κ2) is 6.71. The van der Waals surface area contributed by atoms with Crippen molar-refractivity contribution in [2.75, 3.05) is 14.2 Å². The zero-order chi connectivity index (χ0) is 13.7. The fourth-order valence-corrected chi connectivity index (χ4v) is 2.43. The van der Waals surface area contributed by atoms with Crippen LogP contribution in [0.3, 0.4) is 0 Å². The quantitative estimate of drug-likeness (QED) is 0.766. The number of ether oxygens (including phenoxy) is 2. The summed E-state index contributed by atoms with van der Waals surface area (Å²) in [5.74, 6) is -0.00472. The lowest BCUT2D eigenvalue weighted by molar-refractivity contribution is -0.111. The van der Waals surface area contributed by atoms with Gasteiger partial charge in [0.1, 0.15) is 0 Å². The highest BCUT2D eigenvalue weighted by molar-refractivity contribution is 6.30. The number of halogens is 1. The number of hydrogen-bond acceptors (Lipinski definition) is 2. The molecule has 0 aliphatic rings. The summed E-state index contributed by atoms with van der Waals surface area (Å²) in [6.45, 7) is 0. The Morgan fingerprint density at radius 3 is 2.05 bits per heavy atom. The van der Waals surface area contributed by atoms with E-state index in [1.54, 1.807) is 14.2 Å². The second-order valence-corrected chi connectivity index (χ2v) is 4.72. The fourth-order valence-electron chi connectivity index (χ4n) is 2.24. The van der Waals surface area contributed by atoms with E-state index in [2.05, 4.69) is 12.1 Å². The van der Waals surface area contributed by atoms with Crippen LogP contribution in [0.25, 0.3) is 0 Å². The Labute approximate surface area is 118 Å². The van der Waals surface area contributed by atoms with Crippen LogP contribution in [0.15, 0.2) is 54.6 Å². The Bertz CT molecular complexity index is 509. The Kier molecular flexibility index (Phi) is 4.97. The molecule has 0 saturated heterocycles. The molecule has 2 rings (SSSR count). The molecule has 2 nitrogen and oxygen atoms in total. The third-order valence-corrected chi connectivity index (χ3v) is 3.34. The molecule has 0 fully saturated rings. The first-order valence-corrected chi connectivity index (χ1v) is 6.50. The highest BCUT2D eigenvalue weighted by atomic mass is 35.5. The van der Waals surface area contributed by atoms with Crippen LogP contribution in [0.5, 0.6) is 0 Å². The monoisotopic (exact) mass is 276 g/mol. The van der Waals surface area contributed by atoms with E-state index in [0.717, 1.165) is 11.1 Å². The maximum absolute atomic E-state index is 6.09. The van der Waals surface area contributed by atoms with Gasteiger partial charge in [0, 0.05) is 19.2 Å². The predicted octanol–water partition coefficient (Wildman–Crippen LogP) is 4.09. The van der Waals surface area contributed by atoms with Crippen molar-refractivity contribution in [3.8, 4) is 0 Å².